The molecule has 0 nitrogen and oxygen atoms in total. The van der Waals surface area contributed by atoms with Gasteiger partial charge >= 0.3 is 0 Å². The van der Waals surface area contributed by atoms with E-state index in [9.17, 15) is 0 Å². The Balaban J connectivity index is 2.08. The molecule has 0 aromatic heterocycles. The molecule has 0 amide bonds. The van der Waals surface area contributed by atoms with Crippen molar-refractivity contribution in [1.82, 2.24) is 0 Å². The van der Waals surface area contributed by atoms with Gasteiger partial charge in [-0.15, -0.1) is 0 Å². The molecule has 0 aromatic carbocycles. The fraction of sp³-hybridized carbons (Fsp3) is 0.750. The van der Waals surface area contributed by atoms with Crippen molar-refractivity contribution in [2.75, 3.05) is 5.33 Å². The molecule has 0 aliphatic heterocycles. The van der Waals surface area contributed by atoms with E-state index >= 15 is 0 Å². The first-order chi connectivity index (χ1) is 4.43. The van der Waals surface area contributed by atoms with Crippen molar-refractivity contribution < 1.29 is 0 Å². The molecule has 1 aliphatic carbocycles. The molecule has 0 spiro atoms. The highest BCUT2D eigenvalue weighted by Crippen LogP contribution is 2.24. The summed E-state index contributed by atoms with van der Waals surface area (Å²) in [6, 6.07) is 0. The largest absolute Gasteiger partial charge is 0.0928 e. The van der Waals surface area contributed by atoms with Gasteiger partial charge in [0, 0.05) is 5.33 Å². The van der Waals surface area contributed by atoms with E-state index in [1.54, 1.807) is 0 Å². The van der Waals surface area contributed by atoms with E-state index in [-0.39, 0.29) is 0 Å². The Morgan fingerprint density at radius 3 is 2.89 bits per heavy atom. The van der Waals surface area contributed by atoms with Crippen LogP contribution in [0.1, 0.15) is 25.7 Å². The van der Waals surface area contributed by atoms with E-state index in [4.69, 9.17) is 0 Å². The van der Waals surface area contributed by atoms with Crippen molar-refractivity contribution in [3.63, 3.8) is 0 Å². The number of hydrogen-bond acceptors (Lipinski definition) is 0. The predicted octanol–water partition coefficient (Wildman–Crippen LogP) is 2.98. The highest BCUT2D eigenvalue weighted by atomic mass is 79.9. The van der Waals surface area contributed by atoms with Crippen LogP contribution in [0.2, 0.25) is 0 Å². The lowest BCUT2D eigenvalue weighted by Gasteiger charge is -2.19. The molecule has 0 N–H and O–H groups in total. The minimum Gasteiger partial charge on any atom is -0.0928 e. The smallest absolute Gasteiger partial charge is 0.00340 e. The molecule has 2 radical (unpaired) electrons. The van der Waals surface area contributed by atoms with Crippen LogP contribution in [0.15, 0.2) is 0 Å². The van der Waals surface area contributed by atoms with Crippen LogP contribution in [-0.4, -0.2) is 5.33 Å². The summed E-state index contributed by atoms with van der Waals surface area (Å²) in [6.07, 6.45) is 10.1. The lowest BCUT2D eigenvalue weighted by Crippen LogP contribution is -2.07. The zero-order valence-electron chi connectivity index (χ0n) is 5.65. The van der Waals surface area contributed by atoms with Crippen LogP contribution in [0.5, 0.6) is 0 Å². The number of halogens is 1. The predicted molar refractivity (Wildman–Crippen MR) is 44.4 cm³/mol. The highest BCUT2D eigenvalue weighted by molar-refractivity contribution is 9.09. The van der Waals surface area contributed by atoms with E-state index in [0.29, 0.717) is 0 Å². The standard InChI is InChI=1S/C8H13Br/c9-7-6-8-4-2-1-3-5-8/h2,5,8H,1,3-4,6-7H2. The molecule has 9 heavy (non-hydrogen) atoms. The lowest BCUT2D eigenvalue weighted by atomic mass is 9.88. The Kier molecular flexibility index (Phi) is 3.64. The average molecular weight is 189 g/mol. The fourth-order valence-electron chi connectivity index (χ4n) is 1.25. The summed E-state index contributed by atoms with van der Waals surface area (Å²) in [6.45, 7) is 0. The number of alkyl halides is 1. The second-order valence-corrected chi connectivity index (χ2v) is 3.37. The van der Waals surface area contributed by atoms with Crippen LogP contribution in [0.4, 0.5) is 0 Å². The third-order valence-corrected chi connectivity index (χ3v) is 2.28. The number of hydrogen-bond donors (Lipinski definition) is 0. The topological polar surface area (TPSA) is 0 Å². The molecular formula is C8H13Br. The van der Waals surface area contributed by atoms with Gasteiger partial charge in [0.25, 0.3) is 0 Å². The zero-order chi connectivity index (χ0) is 6.53. The quantitative estimate of drug-likeness (QED) is 0.586. The van der Waals surface area contributed by atoms with Crippen molar-refractivity contribution in [1.29, 1.82) is 0 Å². The molecule has 1 saturated carbocycles. The minimum absolute atomic E-state index is 0.873. The molecule has 0 aromatic rings. The van der Waals surface area contributed by atoms with E-state index in [1.807, 2.05) is 0 Å². The van der Waals surface area contributed by atoms with Gasteiger partial charge in [-0.2, -0.15) is 0 Å². The van der Waals surface area contributed by atoms with Crippen molar-refractivity contribution in [2.45, 2.75) is 25.7 Å². The van der Waals surface area contributed by atoms with E-state index < -0.39 is 0 Å². The molecule has 1 atom stereocenters. The molecule has 1 heteroatoms. The summed E-state index contributed by atoms with van der Waals surface area (Å²) in [5.74, 6) is 0.873. The van der Waals surface area contributed by atoms with Gasteiger partial charge in [-0.25, -0.2) is 0 Å². The van der Waals surface area contributed by atoms with Crippen molar-refractivity contribution in [2.24, 2.45) is 5.92 Å². The normalized spacial score (nSPS) is 22.3. The van der Waals surface area contributed by atoms with Crippen LogP contribution >= 0.6 is 15.9 Å². The lowest BCUT2D eigenvalue weighted by molar-refractivity contribution is 0.506. The monoisotopic (exact) mass is 188 g/mol. The van der Waals surface area contributed by atoms with Gasteiger partial charge in [0.1, 0.15) is 0 Å². The summed E-state index contributed by atoms with van der Waals surface area (Å²) in [5, 5.41) is 1.15. The van der Waals surface area contributed by atoms with E-state index in [0.717, 1.165) is 11.2 Å². The molecular weight excluding hydrogens is 176 g/mol. The Bertz CT molecular complexity index is 62.2. The second kappa shape index (κ2) is 4.32. The SMILES string of the molecule is BrCCC1[CH]CC[CH]C1. The van der Waals surface area contributed by atoms with Crippen LogP contribution in [0, 0.1) is 18.8 Å². The van der Waals surface area contributed by atoms with Gasteiger partial charge in [-0.1, -0.05) is 15.9 Å². The molecule has 0 bridgehead atoms. The van der Waals surface area contributed by atoms with Gasteiger partial charge in [0.15, 0.2) is 0 Å². The molecule has 1 unspecified atom stereocenters. The first-order valence-corrected chi connectivity index (χ1v) is 4.76. The molecule has 0 saturated heterocycles. The first-order valence-electron chi connectivity index (χ1n) is 3.64. The van der Waals surface area contributed by atoms with Crippen LogP contribution < -0.4 is 0 Å². The minimum atomic E-state index is 0.873. The third-order valence-electron chi connectivity index (χ3n) is 1.82. The highest BCUT2D eigenvalue weighted by Gasteiger charge is 2.11. The van der Waals surface area contributed by atoms with Gasteiger partial charge < -0.3 is 0 Å². The first kappa shape index (κ1) is 7.59. The number of rotatable bonds is 2. The summed E-state index contributed by atoms with van der Waals surface area (Å²) in [7, 11) is 0. The van der Waals surface area contributed by atoms with Crippen LogP contribution in [-0.2, 0) is 0 Å². The maximum atomic E-state index is 3.45. The average Bonchev–Trinajstić information content (AvgIpc) is 1.91. The zero-order valence-corrected chi connectivity index (χ0v) is 7.23. The molecule has 1 rings (SSSR count). The van der Waals surface area contributed by atoms with Gasteiger partial charge in [-0.05, 0) is 44.4 Å². The Labute approximate surface area is 66.2 Å². The second-order valence-electron chi connectivity index (χ2n) is 2.58. The molecule has 52 valence electrons. The summed E-state index contributed by atoms with van der Waals surface area (Å²) in [4.78, 5) is 0. The molecule has 1 fully saturated rings. The van der Waals surface area contributed by atoms with Crippen molar-refractivity contribution in [3.8, 4) is 0 Å². The maximum Gasteiger partial charge on any atom is 0.00340 e. The van der Waals surface area contributed by atoms with Crippen LogP contribution in [0.3, 0.4) is 0 Å². The summed E-state index contributed by atoms with van der Waals surface area (Å²) in [5.41, 5.74) is 0. The maximum absolute atomic E-state index is 3.45. The van der Waals surface area contributed by atoms with Gasteiger partial charge in [0.2, 0.25) is 0 Å². The van der Waals surface area contributed by atoms with Gasteiger partial charge in [-0.3, -0.25) is 0 Å². The van der Waals surface area contributed by atoms with E-state index in [1.165, 1.54) is 25.7 Å². The summed E-state index contributed by atoms with van der Waals surface area (Å²) >= 11 is 3.45. The van der Waals surface area contributed by atoms with Gasteiger partial charge in [0.05, 0.1) is 0 Å². The van der Waals surface area contributed by atoms with Crippen LogP contribution in [0.25, 0.3) is 0 Å². The third kappa shape index (κ3) is 2.70. The summed E-state index contributed by atoms with van der Waals surface area (Å²) < 4.78 is 0. The van der Waals surface area contributed by atoms with Crippen molar-refractivity contribution >= 4 is 15.9 Å². The molecule has 1 aliphatic rings. The van der Waals surface area contributed by atoms with E-state index in [2.05, 4.69) is 28.8 Å². The Morgan fingerprint density at radius 1 is 1.44 bits per heavy atom. The Hall–Kier alpha value is 0.480. The fourth-order valence-corrected chi connectivity index (χ4v) is 1.84. The Morgan fingerprint density at radius 2 is 2.33 bits per heavy atom. The van der Waals surface area contributed by atoms with Crippen molar-refractivity contribution in [3.05, 3.63) is 12.8 Å². The molecule has 0 heterocycles.